The van der Waals surface area contributed by atoms with Crippen molar-refractivity contribution in [3.63, 3.8) is 0 Å². The van der Waals surface area contributed by atoms with Crippen molar-refractivity contribution in [2.75, 3.05) is 19.7 Å². The van der Waals surface area contributed by atoms with Gasteiger partial charge in [-0.3, -0.25) is 4.79 Å². The third-order valence-electron chi connectivity index (χ3n) is 3.17. The van der Waals surface area contributed by atoms with Crippen molar-refractivity contribution >= 4 is 17.4 Å². The van der Waals surface area contributed by atoms with E-state index in [1.807, 2.05) is 0 Å². The molecule has 1 saturated heterocycles. The van der Waals surface area contributed by atoms with Crippen LogP contribution in [0, 0.1) is 5.82 Å². The number of piperidine rings is 1. The summed E-state index contributed by atoms with van der Waals surface area (Å²) in [7, 11) is 0. The number of nitrogens with one attached hydrogen (secondary N) is 1. The van der Waals surface area contributed by atoms with E-state index < -0.39 is 5.82 Å². The first-order valence-electron chi connectivity index (χ1n) is 6.43. The van der Waals surface area contributed by atoms with Crippen molar-refractivity contribution in [1.29, 1.82) is 0 Å². The summed E-state index contributed by atoms with van der Waals surface area (Å²) >= 11 is 5.88. The first-order valence-corrected chi connectivity index (χ1v) is 6.81. The summed E-state index contributed by atoms with van der Waals surface area (Å²) in [4.78, 5) is 11.8. The Morgan fingerprint density at radius 2 is 2.16 bits per heavy atom. The van der Waals surface area contributed by atoms with Gasteiger partial charge in [-0.25, -0.2) is 4.39 Å². The number of benzene rings is 1. The monoisotopic (exact) mass is 285 g/mol. The van der Waals surface area contributed by atoms with Crippen molar-refractivity contribution in [2.24, 2.45) is 0 Å². The Morgan fingerprint density at radius 3 is 2.84 bits per heavy atom. The van der Waals surface area contributed by atoms with Crippen molar-refractivity contribution in [2.45, 2.75) is 25.4 Å². The molecule has 0 atom stereocenters. The van der Waals surface area contributed by atoms with Gasteiger partial charge in [-0.05, 0) is 43.6 Å². The molecule has 0 amide bonds. The Labute approximate surface area is 117 Å². The average Bonchev–Trinajstić information content (AvgIpc) is 2.41. The molecule has 19 heavy (non-hydrogen) atoms. The van der Waals surface area contributed by atoms with E-state index in [-0.39, 0.29) is 29.9 Å². The van der Waals surface area contributed by atoms with Gasteiger partial charge < -0.3 is 10.1 Å². The molecule has 1 aliphatic rings. The van der Waals surface area contributed by atoms with E-state index in [2.05, 4.69) is 5.32 Å². The largest absolute Gasteiger partial charge is 0.370 e. The Kier molecular flexibility index (Phi) is 5.31. The molecule has 1 aliphatic heterocycles. The van der Waals surface area contributed by atoms with E-state index in [9.17, 15) is 9.18 Å². The molecule has 0 unspecified atom stereocenters. The topological polar surface area (TPSA) is 38.3 Å². The van der Waals surface area contributed by atoms with Crippen molar-refractivity contribution < 1.29 is 13.9 Å². The second-order valence-electron chi connectivity index (χ2n) is 4.71. The molecule has 5 heteroatoms. The highest BCUT2D eigenvalue weighted by Crippen LogP contribution is 2.18. The lowest BCUT2D eigenvalue weighted by atomic mass is 10.1. The molecule has 0 bridgehead atoms. The maximum Gasteiger partial charge on any atom is 0.162 e. The predicted octanol–water partition coefficient (Wildman–Crippen LogP) is 2.36. The molecule has 1 aromatic carbocycles. The van der Waals surface area contributed by atoms with Crippen LogP contribution in [0.2, 0.25) is 5.02 Å². The summed E-state index contributed by atoms with van der Waals surface area (Å²) in [5, 5.41) is 3.52. The third-order valence-corrected chi connectivity index (χ3v) is 3.52. The number of hydrogen-bond acceptors (Lipinski definition) is 3. The van der Waals surface area contributed by atoms with Crippen LogP contribution in [-0.2, 0) is 16.0 Å². The highest BCUT2D eigenvalue weighted by Gasteiger charge is 2.15. The zero-order valence-corrected chi connectivity index (χ0v) is 11.4. The Bertz CT molecular complexity index is 447. The lowest BCUT2D eigenvalue weighted by molar-refractivity contribution is -0.125. The summed E-state index contributed by atoms with van der Waals surface area (Å²) in [6.07, 6.45) is 2.22. The van der Waals surface area contributed by atoms with Gasteiger partial charge in [0.25, 0.3) is 0 Å². The van der Waals surface area contributed by atoms with E-state index >= 15 is 0 Å². The minimum absolute atomic E-state index is 0.0351. The molecule has 1 aromatic rings. The number of Topliss-reactive ketones (excluding diaryl/α,β-unsaturated/α-hetero) is 1. The number of halogens is 2. The van der Waals surface area contributed by atoms with Crippen LogP contribution in [0.5, 0.6) is 0 Å². The second-order valence-corrected chi connectivity index (χ2v) is 5.12. The Balaban J connectivity index is 1.80. The van der Waals surface area contributed by atoms with Crippen molar-refractivity contribution in [1.82, 2.24) is 5.32 Å². The van der Waals surface area contributed by atoms with Gasteiger partial charge in [-0.15, -0.1) is 0 Å². The molecule has 0 aromatic heterocycles. The molecule has 1 N–H and O–H groups in total. The number of rotatable bonds is 5. The molecule has 0 spiro atoms. The van der Waals surface area contributed by atoms with Gasteiger partial charge in [0, 0.05) is 11.4 Å². The number of carbonyl (C=O) groups excluding carboxylic acids is 1. The zero-order valence-electron chi connectivity index (χ0n) is 10.6. The third kappa shape index (κ3) is 4.56. The fourth-order valence-electron chi connectivity index (χ4n) is 2.10. The van der Waals surface area contributed by atoms with Gasteiger partial charge >= 0.3 is 0 Å². The van der Waals surface area contributed by atoms with Crippen molar-refractivity contribution in [3.8, 4) is 0 Å². The highest BCUT2D eigenvalue weighted by atomic mass is 35.5. The van der Waals surface area contributed by atoms with Gasteiger partial charge in [0.15, 0.2) is 5.78 Å². The average molecular weight is 286 g/mol. The normalized spacial score (nSPS) is 16.5. The van der Waals surface area contributed by atoms with Gasteiger partial charge in [0.2, 0.25) is 0 Å². The fourth-order valence-corrected chi connectivity index (χ4v) is 2.34. The van der Waals surface area contributed by atoms with Crippen LogP contribution in [0.15, 0.2) is 18.2 Å². The summed E-state index contributed by atoms with van der Waals surface area (Å²) in [6, 6.07) is 4.07. The summed E-state index contributed by atoms with van der Waals surface area (Å²) in [6.45, 7) is 1.96. The summed E-state index contributed by atoms with van der Waals surface area (Å²) in [5.41, 5.74) is 0.641. The van der Waals surface area contributed by atoms with Crippen LogP contribution < -0.4 is 5.32 Å². The Hall–Kier alpha value is -0.970. The van der Waals surface area contributed by atoms with E-state index in [1.54, 1.807) is 6.07 Å². The Morgan fingerprint density at radius 1 is 1.42 bits per heavy atom. The van der Waals surface area contributed by atoms with Crippen LogP contribution >= 0.6 is 11.6 Å². The summed E-state index contributed by atoms with van der Waals surface area (Å²) < 4.78 is 18.4. The smallest absolute Gasteiger partial charge is 0.162 e. The first-order chi connectivity index (χ1) is 9.15. The molecule has 2 rings (SSSR count). The first kappa shape index (κ1) is 14.4. The van der Waals surface area contributed by atoms with E-state index in [4.69, 9.17) is 16.3 Å². The van der Waals surface area contributed by atoms with Gasteiger partial charge in [0.1, 0.15) is 12.4 Å². The lowest BCUT2D eigenvalue weighted by Crippen LogP contribution is -2.33. The minimum atomic E-state index is -0.396. The van der Waals surface area contributed by atoms with Crippen LogP contribution in [-0.4, -0.2) is 31.6 Å². The maximum absolute atomic E-state index is 12.9. The number of ether oxygens (including phenoxy) is 1. The molecule has 0 aliphatic carbocycles. The molecule has 3 nitrogen and oxygen atoms in total. The van der Waals surface area contributed by atoms with Crippen LogP contribution in [0.1, 0.15) is 18.4 Å². The van der Waals surface area contributed by atoms with E-state index in [0.29, 0.717) is 5.56 Å². The van der Waals surface area contributed by atoms with Gasteiger partial charge in [0.05, 0.1) is 6.10 Å². The van der Waals surface area contributed by atoms with E-state index in [0.717, 1.165) is 25.9 Å². The zero-order chi connectivity index (χ0) is 13.7. The van der Waals surface area contributed by atoms with E-state index in [1.165, 1.54) is 12.1 Å². The molecule has 104 valence electrons. The quantitative estimate of drug-likeness (QED) is 0.903. The molecular weight excluding hydrogens is 269 g/mol. The molecule has 0 saturated carbocycles. The van der Waals surface area contributed by atoms with Crippen LogP contribution in [0.25, 0.3) is 0 Å². The maximum atomic E-state index is 12.9. The number of carbonyl (C=O) groups is 1. The van der Waals surface area contributed by atoms with Crippen molar-refractivity contribution in [3.05, 3.63) is 34.6 Å². The molecular formula is C14H17ClFNO2. The standard InChI is InChI=1S/C14H17ClFNO2/c15-14-8-11(16)2-1-10(14)7-12(18)9-19-13-3-5-17-6-4-13/h1-2,8,13,17H,3-7,9H2. The van der Waals surface area contributed by atoms with Crippen LogP contribution in [0.4, 0.5) is 4.39 Å². The molecule has 1 heterocycles. The van der Waals surface area contributed by atoms with Crippen LogP contribution in [0.3, 0.4) is 0 Å². The van der Waals surface area contributed by atoms with Gasteiger partial charge in [-0.1, -0.05) is 17.7 Å². The number of hydrogen-bond donors (Lipinski definition) is 1. The van der Waals surface area contributed by atoms with Gasteiger partial charge in [-0.2, -0.15) is 0 Å². The predicted molar refractivity (Wildman–Crippen MR) is 72.0 cm³/mol. The molecule has 1 fully saturated rings. The number of ketones is 1. The lowest BCUT2D eigenvalue weighted by Gasteiger charge is -2.22. The fraction of sp³-hybridized carbons (Fsp3) is 0.500. The molecule has 0 radical (unpaired) electrons. The second kappa shape index (κ2) is 6.98. The minimum Gasteiger partial charge on any atom is -0.370 e. The summed E-state index contributed by atoms with van der Waals surface area (Å²) in [5.74, 6) is -0.431. The SMILES string of the molecule is O=C(COC1CCNCC1)Cc1ccc(F)cc1Cl. The highest BCUT2D eigenvalue weighted by molar-refractivity contribution is 6.31.